The van der Waals surface area contributed by atoms with Gasteiger partial charge in [0.15, 0.2) is 0 Å². The quantitative estimate of drug-likeness (QED) is 0.586. The standard InChI is InChI=1S/C19H25BrF3N3O4/c1-11-14(19(21,22)23)8-24-16(15(11)20)26-7-6-25(17(28)30-18(3,4)5)9-13(26)10-29-12(2)27/h8,13H,6-7,9-10H2,1-5H3/t13-/m1/s1. The minimum atomic E-state index is -4.52. The van der Waals surface area contributed by atoms with Crippen LogP contribution in [-0.4, -0.2) is 59.8 Å². The lowest BCUT2D eigenvalue weighted by Crippen LogP contribution is -2.57. The van der Waals surface area contributed by atoms with Gasteiger partial charge < -0.3 is 19.3 Å². The lowest BCUT2D eigenvalue weighted by atomic mass is 10.1. The van der Waals surface area contributed by atoms with Gasteiger partial charge in [-0.15, -0.1) is 0 Å². The number of hydrogen-bond donors (Lipinski definition) is 0. The first kappa shape index (κ1) is 24.2. The molecule has 7 nitrogen and oxygen atoms in total. The van der Waals surface area contributed by atoms with Crippen molar-refractivity contribution >= 4 is 33.8 Å². The van der Waals surface area contributed by atoms with Crippen molar-refractivity contribution in [3.8, 4) is 0 Å². The van der Waals surface area contributed by atoms with Crippen molar-refractivity contribution in [3.05, 3.63) is 21.8 Å². The van der Waals surface area contributed by atoms with Crippen molar-refractivity contribution < 1.29 is 32.2 Å². The van der Waals surface area contributed by atoms with Gasteiger partial charge in [-0.3, -0.25) is 4.79 Å². The summed E-state index contributed by atoms with van der Waals surface area (Å²) < 4.78 is 50.3. The molecule has 1 aliphatic rings. The third-order valence-electron chi connectivity index (χ3n) is 4.44. The number of hydrogen-bond acceptors (Lipinski definition) is 6. The maximum absolute atomic E-state index is 13.2. The van der Waals surface area contributed by atoms with E-state index in [0.717, 1.165) is 6.20 Å². The zero-order valence-electron chi connectivity index (χ0n) is 17.5. The first-order valence-corrected chi connectivity index (χ1v) is 10.1. The second-order valence-electron chi connectivity index (χ2n) is 8.01. The molecule has 1 aromatic heterocycles. The van der Waals surface area contributed by atoms with Crippen molar-refractivity contribution in [2.24, 2.45) is 0 Å². The van der Waals surface area contributed by atoms with Gasteiger partial charge in [-0.2, -0.15) is 13.2 Å². The molecule has 0 unspecified atom stereocenters. The SMILES string of the molecule is CC(=O)OC[C@H]1CN(C(=O)OC(C)(C)C)CCN1c1ncc(C(F)(F)F)c(C)c1Br. The van der Waals surface area contributed by atoms with Crippen molar-refractivity contribution in [1.82, 2.24) is 9.88 Å². The number of halogens is 4. The number of piperazine rings is 1. The highest BCUT2D eigenvalue weighted by atomic mass is 79.9. The molecule has 1 saturated heterocycles. The molecule has 0 radical (unpaired) electrons. The highest BCUT2D eigenvalue weighted by Crippen LogP contribution is 2.38. The monoisotopic (exact) mass is 495 g/mol. The molecule has 168 valence electrons. The van der Waals surface area contributed by atoms with Gasteiger partial charge in [0.1, 0.15) is 18.0 Å². The normalized spacial score (nSPS) is 17.7. The van der Waals surface area contributed by atoms with Crippen molar-refractivity contribution in [3.63, 3.8) is 0 Å². The van der Waals surface area contributed by atoms with Crippen LogP contribution in [0.15, 0.2) is 10.7 Å². The molecule has 0 spiro atoms. The highest BCUT2D eigenvalue weighted by Gasteiger charge is 2.37. The molecule has 0 aromatic carbocycles. The number of esters is 1. The van der Waals surface area contributed by atoms with Crippen LogP contribution in [0.2, 0.25) is 0 Å². The summed E-state index contributed by atoms with van der Waals surface area (Å²) in [6.07, 6.45) is -4.24. The van der Waals surface area contributed by atoms with Gasteiger partial charge >= 0.3 is 18.2 Å². The summed E-state index contributed by atoms with van der Waals surface area (Å²) in [5.41, 5.74) is -1.50. The van der Waals surface area contributed by atoms with E-state index < -0.39 is 35.4 Å². The van der Waals surface area contributed by atoms with E-state index in [9.17, 15) is 22.8 Å². The highest BCUT2D eigenvalue weighted by molar-refractivity contribution is 9.10. The van der Waals surface area contributed by atoms with Crippen LogP contribution in [0, 0.1) is 6.92 Å². The van der Waals surface area contributed by atoms with Crippen LogP contribution in [0.5, 0.6) is 0 Å². The van der Waals surface area contributed by atoms with E-state index in [1.807, 2.05) is 0 Å². The van der Waals surface area contributed by atoms with Gasteiger partial charge in [0.05, 0.1) is 16.1 Å². The van der Waals surface area contributed by atoms with Crippen LogP contribution in [0.3, 0.4) is 0 Å². The molecule has 0 bridgehead atoms. The molecule has 1 atom stereocenters. The molecule has 0 N–H and O–H groups in total. The number of pyridine rings is 1. The Morgan fingerprint density at radius 3 is 2.43 bits per heavy atom. The number of rotatable bonds is 3. The Labute approximate surface area is 181 Å². The van der Waals surface area contributed by atoms with E-state index >= 15 is 0 Å². The molecule has 1 fully saturated rings. The third kappa shape index (κ3) is 5.99. The maximum Gasteiger partial charge on any atom is 0.418 e. The fourth-order valence-electron chi connectivity index (χ4n) is 3.03. The van der Waals surface area contributed by atoms with Crippen molar-refractivity contribution in [2.45, 2.75) is 52.4 Å². The molecule has 30 heavy (non-hydrogen) atoms. The summed E-state index contributed by atoms with van der Waals surface area (Å²) in [5.74, 6) is -0.207. The Balaban J connectivity index is 2.31. The Morgan fingerprint density at radius 2 is 1.90 bits per heavy atom. The Bertz CT molecular complexity index is 811. The number of aromatic nitrogens is 1. The number of carbonyl (C=O) groups excluding carboxylic acids is 2. The molecule has 2 rings (SSSR count). The topological polar surface area (TPSA) is 72.0 Å². The average molecular weight is 496 g/mol. The minimum absolute atomic E-state index is 0.00769. The molecule has 0 saturated carbocycles. The number of amides is 1. The van der Waals surface area contributed by atoms with Gasteiger partial charge in [-0.25, -0.2) is 9.78 Å². The predicted octanol–water partition coefficient (Wildman–Crippen LogP) is 4.16. The first-order valence-electron chi connectivity index (χ1n) is 9.31. The van der Waals surface area contributed by atoms with Gasteiger partial charge in [-0.05, 0) is 49.2 Å². The van der Waals surface area contributed by atoms with Crippen LogP contribution < -0.4 is 4.90 Å². The van der Waals surface area contributed by atoms with Gasteiger partial charge in [0.2, 0.25) is 0 Å². The predicted molar refractivity (Wildman–Crippen MR) is 107 cm³/mol. The van der Waals surface area contributed by atoms with Gasteiger partial charge in [-0.1, -0.05) is 0 Å². The van der Waals surface area contributed by atoms with E-state index in [1.54, 1.807) is 25.7 Å². The number of alkyl halides is 3. The molecular formula is C19H25BrF3N3O4. The molecule has 1 aromatic rings. The number of ether oxygens (including phenoxy) is 2. The number of carbonyl (C=O) groups is 2. The molecule has 11 heteroatoms. The second-order valence-corrected chi connectivity index (χ2v) is 8.80. The summed E-state index contributed by atoms with van der Waals surface area (Å²) in [5, 5.41) is 0. The summed E-state index contributed by atoms with van der Waals surface area (Å²) in [6.45, 7) is 8.54. The Hall–Kier alpha value is -2.04. The molecule has 1 amide bonds. The zero-order chi connectivity index (χ0) is 22.9. The van der Waals surface area contributed by atoms with Gasteiger partial charge in [0, 0.05) is 32.8 Å². The van der Waals surface area contributed by atoms with E-state index in [2.05, 4.69) is 20.9 Å². The van der Waals surface area contributed by atoms with Crippen LogP contribution in [-0.2, 0) is 20.4 Å². The lowest BCUT2D eigenvalue weighted by Gasteiger charge is -2.42. The molecule has 0 aliphatic carbocycles. The van der Waals surface area contributed by atoms with E-state index in [1.165, 1.54) is 18.7 Å². The fourth-order valence-corrected chi connectivity index (χ4v) is 3.58. The number of anilines is 1. The summed E-state index contributed by atoms with van der Waals surface area (Å²) in [6, 6.07) is -0.505. The van der Waals surface area contributed by atoms with Crippen LogP contribution in [0.25, 0.3) is 0 Å². The molecule has 1 aliphatic heterocycles. The van der Waals surface area contributed by atoms with Crippen LogP contribution >= 0.6 is 15.9 Å². The Morgan fingerprint density at radius 1 is 1.27 bits per heavy atom. The fraction of sp³-hybridized carbons (Fsp3) is 0.632. The lowest BCUT2D eigenvalue weighted by molar-refractivity contribution is -0.142. The van der Waals surface area contributed by atoms with E-state index in [-0.39, 0.29) is 36.3 Å². The third-order valence-corrected chi connectivity index (χ3v) is 5.39. The summed E-state index contributed by atoms with van der Waals surface area (Å²) in [4.78, 5) is 31.0. The van der Waals surface area contributed by atoms with Gasteiger partial charge in [0.25, 0.3) is 0 Å². The smallest absolute Gasteiger partial charge is 0.418 e. The summed E-state index contributed by atoms with van der Waals surface area (Å²) in [7, 11) is 0. The van der Waals surface area contributed by atoms with Crippen molar-refractivity contribution in [1.29, 1.82) is 0 Å². The van der Waals surface area contributed by atoms with E-state index in [0.29, 0.717) is 5.82 Å². The van der Waals surface area contributed by atoms with Crippen LogP contribution in [0.4, 0.5) is 23.8 Å². The van der Waals surface area contributed by atoms with Crippen molar-refractivity contribution in [2.75, 3.05) is 31.1 Å². The summed E-state index contributed by atoms with van der Waals surface area (Å²) >= 11 is 3.23. The molecule has 2 heterocycles. The largest absolute Gasteiger partial charge is 0.464 e. The zero-order valence-corrected chi connectivity index (χ0v) is 19.1. The average Bonchev–Trinajstić information content (AvgIpc) is 2.59. The Kier molecular flexibility index (Phi) is 7.26. The first-order chi connectivity index (χ1) is 13.7. The van der Waals surface area contributed by atoms with E-state index in [4.69, 9.17) is 9.47 Å². The molecular weight excluding hydrogens is 471 g/mol. The maximum atomic E-state index is 13.2. The minimum Gasteiger partial charge on any atom is -0.464 e. The second kappa shape index (κ2) is 8.99. The number of nitrogens with zero attached hydrogens (tertiary/aromatic N) is 3. The van der Waals surface area contributed by atoms with Crippen LogP contribution in [0.1, 0.15) is 38.8 Å².